The Morgan fingerprint density at radius 1 is 0.847 bits per heavy atom. The molecule has 0 saturated carbocycles. The van der Waals surface area contributed by atoms with E-state index >= 15 is 0 Å². The van der Waals surface area contributed by atoms with Gasteiger partial charge in [-0.15, -0.1) is 0 Å². The predicted octanol–water partition coefficient (Wildman–Crippen LogP) is 6.15. The van der Waals surface area contributed by atoms with Crippen LogP contribution < -0.4 is 21.3 Å². The third kappa shape index (κ3) is 17.6. The number of methoxy groups -OCH3 is 1. The Labute approximate surface area is 434 Å². The fourth-order valence-electron chi connectivity index (χ4n) is 8.38. The van der Waals surface area contributed by atoms with Crippen molar-refractivity contribution in [3.8, 4) is 0 Å². The number of amides is 3. The molecule has 3 amide bonds. The molecule has 72 heavy (non-hydrogen) atoms. The number of aryl methyl sites for hydroxylation is 1. The molecular formula is C50H68ClN5O14S2. The number of nitrogens with zero attached hydrogens (tertiary/aromatic N) is 1. The van der Waals surface area contributed by atoms with Gasteiger partial charge >= 0.3 is 30.1 Å². The van der Waals surface area contributed by atoms with Crippen LogP contribution in [0.5, 0.6) is 0 Å². The van der Waals surface area contributed by atoms with Crippen molar-refractivity contribution in [1.82, 2.24) is 26.2 Å². The van der Waals surface area contributed by atoms with E-state index in [-0.39, 0.29) is 65.1 Å². The maximum Gasteiger partial charge on any atom is 0.407 e. The summed E-state index contributed by atoms with van der Waals surface area (Å²) in [6, 6.07) is 14.6. The minimum Gasteiger partial charge on any atom is -0.466 e. The summed E-state index contributed by atoms with van der Waals surface area (Å²) in [7, 11) is 4.23. The number of rotatable bonds is 29. The van der Waals surface area contributed by atoms with Crippen molar-refractivity contribution in [1.29, 1.82) is 0 Å². The number of dihydropyridines is 1. The van der Waals surface area contributed by atoms with Crippen molar-refractivity contribution in [2.75, 3.05) is 77.9 Å². The summed E-state index contributed by atoms with van der Waals surface area (Å²) in [6.07, 6.45) is 0.328. The van der Waals surface area contributed by atoms with E-state index in [0.717, 1.165) is 5.56 Å². The highest BCUT2D eigenvalue weighted by Gasteiger charge is 2.44. The van der Waals surface area contributed by atoms with Crippen molar-refractivity contribution in [2.24, 2.45) is 0 Å². The van der Waals surface area contributed by atoms with Crippen LogP contribution in [-0.2, 0) is 63.5 Å². The molecular weight excluding hydrogens is 994 g/mol. The maximum absolute atomic E-state index is 14.1. The van der Waals surface area contributed by atoms with Crippen molar-refractivity contribution < 1.29 is 66.7 Å². The van der Waals surface area contributed by atoms with Crippen molar-refractivity contribution >= 4 is 69.2 Å². The normalized spacial score (nSPS) is 19.3. The highest BCUT2D eigenvalue weighted by molar-refractivity contribution is 8.76. The van der Waals surface area contributed by atoms with Crippen LogP contribution in [0.3, 0.4) is 0 Å². The van der Waals surface area contributed by atoms with E-state index < -0.39 is 66.7 Å². The molecule has 3 heterocycles. The molecule has 2 saturated heterocycles. The van der Waals surface area contributed by atoms with Gasteiger partial charge in [-0.2, -0.15) is 0 Å². The molecule has 2 fully saturated rings. The molecule has 4 atom stereocenters. The number of esters is 3. The number of hydrogen-bond donors (Lipinski definition) is 4. The number of halogens is 1. The van der Waals surface area contributed by atoms with Gasteiger partial charge in [-0.25, -0.2) is 19.2 Å². The first-order chi connectivity index (χ1) is 34.9. The van der Waals surface area contributed by atoms with Gasteiger partial charge in [0.2, 0.25) is 5.91 Å². The van der Waals surface area contributed by atoms with Crippen LogP contribution in [0, 0.1) is 0 Å². The van der Waals surface area contributed by atoms with Crippen LogP contribution in [0.15, 0.2) is 77.1 Å². The number of nitrogens with one attached hydrogen (secondary N) is 4. The SMILES string of the molecule is CCOC(=O)C(CCc1ccccc1)NC(CCCNC(=O)OCCSSCCOC(=O)NCCOCC1=C(C2OC(C)O2)C(c2ccccc2Cl)C(C(=O)OC)=C(C)N1)C(=O)N1CCC[C@H]1C(=O)OCC. The Morgan fingerprint density at radius 3 is 2.17 bits per heavy atom. The molecule has 22 heteroatoms. The molecule has 3 aliphatic rings. The molecule has 2 aromatic carbocycles. The van der Waals surface area contributed by atoms with Crippen LogP contribution in [0.25, 0.3) is 0 Å². The van der Waals surface area contributed by atoms with Gasteiger partial charge in [0.25, 0.3) is 0 Å². The molecule has 4 N–H and O–H groups in total. The molecule has 0 bridgehead atoms. The van der Waals surface area contributed by atoms with E-state index in [2.05, 4.69) is 21.3 Å². The average Bonchev–Trinajstić information content (AvgIpc) is 3.86. The molecule has 2 aromatic rings. The van der Waals surface area contributed by atoms with Crippen molar-refractivity contribution in [3.05, 3.63) is 93.3 Å². The van der Waals surface area contributed by atoms with Gasteiger partial charge < -0.3 is 58.7 Å². The second-order valence-corrected chi connectivity index (χ2v) is 19.8. The topological polar surface area (TPSA) is 228 Å². The summed E-state index contributed by atoms with van der Waals surface area (Å²) >= 11 is 6.65. The molecule has 0 radical (unpaired) electrons. The quantitative estimate of drug-likeness (QED) is 0.0310. The van der Waals surface area contributed by atoms with E-state index in [9.17, 15) is 28.8 Å². The first-order valence-corrected chi connectivity index (χ1v) is 27.1. The summed E-state index contributed by atoms with van der Waals surface area (Å²) in [5, 5.41) is 12.4. The van der Waals surface area contributed by atoms with E-state index in [0.29, 0.717) is 83.3 Å². The summed E-state index contributed by atoms with van der Waals surface area (Å²) in [6.45, 7) is 8.65. The first kappa shape index (κ1) is 57.9. The van der Waals surface area contributed by atoms with Crippen molar-refractivity contribution in [3.63, 3.8) is 0 Å². The second kappa shape index (κ2) is 30.9. The van der Waals surface area contributed by atoms with Crippen LogP contribution in [0.4, 0.5) is 9.59 Å². The largest absolute Gasteiger partial charge is 0.466 e. The summed E-state index contributed by atoms with van der Waals surface area (Å²) < 4.78 is 44.1. The Bertz CT molecular complexity index is 2180. The Hall–Kier alpha value is -5.03. The molecule has 3 aliphatic heterocycles. The van der Waals surface area contributed by atoms with Gasteiger partial charge in [0.05, 0.1) is 45.2 Å². The summed E-state index contributed by atoms with van der Waals surface area (Å²) in [4.78, 5) is 79.4. The second-order valence-electron chi connectivity index (χ2n) is 16.7. The van der Waals surface area contributed by atoms with Gasteiger partial charge in [-0.3, -0.25) is 14.9 Å². The van der Waals surface area contributed by atoms with E-state index in [1.807, 2.05) is 42.5 Å². The number of ether oxygens (including phenoxy) is 8. The lowest BCUT2D eigenvalue weighted by Crippen LogP contribution is -2.54. The number of carbonyl (C=O) groups excluding carboxylic acids is 6. The van der Waals surface area contributed by atoms with Crippen LogP contribution >= 0.6 is 33.2 Å². The number of allylic oxidation sites excluding steroid dienone is 1. The van der Waals surface area contributed by atoms with Gasteiger partial charge in [0.15, 0.2) is 12.6 Å². The fraction of sp³-hybridized carbons (Fsp3) is 0.560. The smallest absolute Gasteiger partial charge is 0.407 e. The molecule has 0 spiro atoms. The molecule has 5 rings (SSSR count). The predicted molar refractivity (Wildman–Crippen MR) is 272 cm³/mol. The van der Waals surface area contributed by atoms with Gasteiger partial charge in [-0.1, -0.05) is 81.7 Å². The Balaban J connectivity index is 0.980. The minimum atomic E-state index is -0.835. The Morgan fingerprint density at radius 2 is 1.51 bits per heavy atom. The highest BCUT2D eigenvalue weighted by atomic mass is 35.5. The molecule has 396 valence electrons. The van der Waals surface area contributed by atoms with E-state index in [4.69, 9.17) is 49.5 Å². The third-order valence-electron chi connectivity index (χ3n) is 11.7. The lowest BCUT2D eigenvalue weighted by Gasteiger charge is -2.42. The zero-order valence-electron chi connectivity index (χ0n) is 41.5. The van der Waals surface area contributed by atoms with Crippen LogP contribution in [0.2, 0.25) is 5.02 Å². The van der Waals surface area contributed by atoms with Gasteiger partial charge in [0, 0.05) is 59.0 Å². The zero-order valence-corrected chi connectivity index (χ0v) is 43.9. The highest BCUT2D eigenvalue weighted by Crippen LogP contribution is 2.45. The van der Waals surface area contributed by atoms with E-state index in [1.54, 1.807) is 39.8 Å². The Kier molecular flexibility index (Phi) is 24.8. The zero-order chi connectivity index (χ0) is 51.8. The molecule has 0 aliphatic carbocycles. The standard InChI is InChI=1S/C50H68ClN5O14S2/c1-6-65-45(58)38(22-21-34-15-9-8-10-16-34)55-37(44(57)56-25-14-20-40(56)46(59)66-7-2)19-13-23-52-49(61)67-27-29-71-72-30-28-68-50(62)53-24-26-64-31-39-43(48-69-33(4)70-48)42(35-17-11-12-18-36(35)51)41(32(3)54-39)47(60)63-5/h8-12,15-18,33,37-38,40,42,48,54-55H,6-7,13-14,19-31H2,1-5H3,(H,52,61)(H,53,62)/t33?,37?,38?,40-,42?,48?/m0/s1. The third-order valence-corrected chi connectivity index (χ3v) is 14.4. The maximum atomic E-state index is 14.1. The van der Waals surface area contributed by atoms with Crippen LogP contribution in [-0.4, -0.2) is 149 Å². The van der Waals surface area contributed by atoms with Gasteiger partial charge in [-0.05, 0) is 83.4 Å². The average molecular weight is 1060 g/mol. The lowest BCUT2D eigenvalue weighted by atomic mass is 9.79. The van der Waals surface area contributed by atoms with Gasteiger partial charge in [0.1, 0.15) is 25.3 Å². The number of carbonyl (C=O) groups is 6. The fourth-order valence-corrected chi connectivity index (χ4v) is 10.3. The summed E-state index contributed by atoms with van der Waals surface area (Å²) in [5.41, 5.74) is 3.93. The minimum absolute atomic E-state index is 0.0898. The van der Waals surface area contributed by atoms with Crippen LogP contribution in [0.1, 0.15) is 76.8 Å². The number of benzene rings is 2. The number of hydrogen-bond acceptors (Lipinski definition) is 18. The monoisotopic (exact) mass is 1060 g/mol. The molecule has 0 aromatic heterocycles. The molecule has 19 nitrogen and oxygen atoms in total. The first-order valence-electron chi connectivity index (χ1n) is 24.3. The van der Waals surface area contributed by atoms with E-state index in [1.165, 1.54) is 33.6 Å². The summed E-state index contributed by atoms with van der Waals surface area (Å²) in [5.74, 6) is -1.40. The van der Waals surface area contributed by atoms with Crippen molar-refractivity contribution in [2.45, 2.75) is 103 Å². The lowest BCUT2D eigenvalue weighted by molar-refractivity contribution is -0.360. The number of likely N-dealkylation sites (tertiary alicyclic amines) is 1. The molecule has 3 unspecified atom stereocenters. The number of alkyl carbamates (subject to hydrolysis) is 2.